The summed E-state index contributed by atoms with van der Waals surface area (Å²) in [6.45, 7) is 2.72. The molecule has 3 N–H and O–H groups in total. The fraction of sp³-hybridized carbons (Fsp3) is 0.176. The van der Waals surface area contributed by atoms with Crippen molar-refractivity contribution in [1.29, 1.82) is 0 Å². The van der Waals surface area contributed by atoms with E-state index in [9.17, 15) is 9.59 Å². The van der Waals surface area contributed by atoms with Crippen LogP contribution in [0.3, 0.4) is 0 Å². The number of hydrogen-bond acceptors (Lipinski definition) is 5. The zero-order valence-electron chi connectivity index (χ0n) is 14.0. The molecule has 0 saturated heterocycles. The molecule has 0 aliphatic carbocycles. The lowest BCUT2D eigenvalue weighted by atomic mass is 10.1. The van der Waals surface area contributed by atoms with Gasteiger partial charge in [-0.1, -0.05) is 18.2 Å². The zero-order chi connectivity index (χ0) is 18.5. The van der Waals surface area contributed by atoms with Crippen molar-refractivity contribution in [3.8, 4) is 6.01 Å². The highest BCUT2D eigenvalue weighted by Gasteiger charge is 2.11. The van der Waals surface area contributed by atoms with Gasteiger partial charge in [-0.25, -0.2) is 19.6 Å². The van der Waals surface area contributed by atoms with Crippen molar-refractivity contribution in [3.63, 3.8) is 0 Å². The van der Waals surface area contributed by atoms with Crippen molar-refractivity contribution < 1.29 is 19.4 Å². The highest BCUT2D eigenvalue weighted by molar-refractivity contribution is 5.92. The van der Waals surface area contributed by atoms with Gasteiger partial charge in [0.05, 0.1) is 6.54 Å². The molecule has 0 aliphatic heterocycles. The third kappa shape index (κ3) is 3.89. The first-order valence-corrected chi connectivity index (χ1v) is 7.91. The highest BCUT2D eigenvalue weighted by Crippen LogP contribution is 2.23. The number of rotatable bonds is 5. The summed E-state index contributed by atoms with van der Waals surface area (Å²) in [7, 11) is 0. The van der Waals surface area contributed by atoms with E-state index >= 15 is 0 Å². The normalized spacial score (nSPS) is 10.5. The number of aromatic nitrogens is 3. The molecule has 3 aromatic rings. The Morgan fingerprint density at radius 1 is 1.31 bits per heavy atom. The second kappa shape index (κ2) is 7.51. The van der Waals surface area contributed by atoms with E-state index in [4.69, 9.17) is 5.11 Å². The molecule has 26 heavy (non-hydrogen) atoms. The third-order valence-electron chi connectivity index (χ3n) is 3.63. The van der Waals surface area contributed by atoms with Crippen molar-refractivity contribution in [3.05, 3.63) is 48.4 Å². The number of amides is 2. The largest absolute Gasteiger partial charge is 0.513 e. The Morgan fingerprint density at radius 3 is 2.92 bits per heavy atom. The molecule has 0 radical (unpaired) electrons. The number of hydrogen-bond donors (Lipinski definition) is 3. The molecule has 3 rings (SSSR count). The number of benzene rings is 1. The van der Waals surface area contributed by atoms with E-state index in [1.165, 1.54) is 6.20 Å². The van der Waals surface area contributed by atoms with Gasteiger partial charge in [-0.15, -0.1) is 0 Å². The predicted octanol–water partition coefficient (Wildman–Crippen LogP) is 2.68. The van der Waals surface area contributed by atoms with Gasteiger partial charge in [0, 0.05) is 30.5 Å². The van der Waals surface area contributed by atoms with Crippen molar-refractivity contribution in [1.82, 2.24) is 19.9 Å². The van der Waals surface area contributed by atoms with E-state index in [0.29, 0.717) is 18.9 Å². The number of ether oxygens (including phenoxy) is 1. The molecule has 0 spiro atoms. The first-order chi connectivity index (χ1) is 12.6. The number of anilines is 1. The molecule has 1 aromatic carbocycles. The molecule has 0 atom stereocenters. The maximum absolute atomic E-state index is 11.6. The number of nitrogens with zero attached hydrogens (tertiary/aromatic N) is 3. The Labute approximate surface area is 148 Å². The predicted molar refractivity (Wildman–Crippen MR) is 94.4 cm³/mol. The minimum absolute atomic E-state index is 0.00279. The van der Waals surface area contributed by atoms with Crippen LogP contribution >= 0.6 is 0 Å². The van der Waals surface area contributed by atoms with Crippen LogP contribution in [0.5, 0.6) is 6.01 Å². The van der Waals surface area contributed by atoms with Gasteiger partial charge in [0.25, 0.3) is 0 Å². The van der Waals surface area contributed by atoms with Crippen LogP contribution in [0.2, 0.25) is 0 Å². The van der Waals surface area contributed by atoms with Crippen LogP contribution in [0.15, 0.2) is 42.9 Å². The molecule has 0 aliphatic rings. The summed E-state index contributed by atoms with van der Waals surface area (Å²) in [6.07, 6.45) is 3.35. The fourth-order valence-corrected chi connectivity index (χ4v) is 2.54. The van der Waals surface area contributed by atoms with Crippen molar-refractivity contribution in [2.24, 2.45) is 0 Å². The third-order valence-corrected chi connectivity index (χ3v) is 3.63. The molecule has 9 nitrogen and oxygen atoms in total. The van der Waals surface area contributed by atoms with E-state index in [0.717, 1.165) is 16.3 Å². The smallest absolute Gasteiger partial charge is 0.449 e. The van der Waals surface area contributed by atoms with E-state index in [-0.39, 0.29) is 12.0 Å². The number of pyridine rings is 1. The van der Waals surface area contributed by atoms with E-state index in [2.05, 4.69) is 25.3 Å². The summed E-state index contributed by atoms with van der Waals surface area (Å²) in [6, 6.07) is 7.15. The van der Waals surface area contributed by atoms with E-state index < -0.39 is 6.16 Å². The first-order valence-electron chi connectivity index (χ1n) is 7.91. The molecule has 2 amide bonds. The number of imidazole rings is 1. The number of carbonyl (C=O) groups is 2. The molecule has 134 valence electrons. The van der Waals surface area contributed by atoms with Crippen LogP contribution < -0.4 is 15.4 Å². The quantitative estimate of drug-likeness (QED) is 0.606. The first kappa shape index (κ1) is 17.2. The molecular formula is C17H17N5O4. The molecule has 2 heterocycles. The number of fused-ring (bicyclic) bond motifs is 1. The molecular weight excluding hydrogens is 338 g/mol. The van der Waals surface area contributed by atoms with Crippen molar-refractivity contribution >= 4 is 28.8 Å². The Bertz CT molecular complexity index is 953. The van der Waals surface area contributed by atoms with Crippen molar-refractivity contribution in [2.45, 2.75) is 13.5 Å². The Morgan fingerprint density at radius 2 is 2.15 bits per heavy atom. The van der Waals surface area contributed by atoms with Gasteiger partial charge in [-0.05, 0) is 23.9 Å². The second-order valence-corrected chi connectivity index (χ2v) is 5.40. The second-order valence-electron chi connectivity index (χ2n) is 5.40. The van der Waals surface area contributed by atoms with Crippen molar-refractivity contribution in [2.75, 3.05) is 11.9 Å². The summed E-state index contributed by atoms with van der Waals surface area (Å²) < 4.78 is 6.24. The molecule has 0 unspecified atom stereocenters. The average molecular weight is 355 g/mol. The summed E-state index contributed by atoms with van der Waals surface area (Å²) in [5, 5.41) is 15.8. The lowest BCUT2D eigenvalue weighted by molar-refractivity contribution is 0.138. The van der Waals surface area contributed by atoms with Gasteiger partial charge < -0.3 is 15.2 Å². The van der Waals surface area contributed by atoms with E-state index in [1.807, 2.05) is 25.1 Å². The SMILES string of the molecule is CCNC(=O)Nc1cc2cccc(Cn3ccnc3OC(=O)O)c2cn1. The number of carbonyl (C=O) groups excluding carboxylic acids is 1. The molecule has 9 heteroatoms. The van der Waals surface area contributed by atoms with Crippen LogP contribution in [0.4, 0.5) is 15.4 Å². The van der Waals surface area contributed by atoms with Crippen LogP contribution in [-0.2, 0) is 6.54 Å². The van der Waals surface area contributed by atoms with Crippen LogP contribution in [-0.4, -0.2) is 38.4 Å². The van der Waals surface area contributed by atoms with Crippen LogP contribution in [0.25, 0.3) is 10.8 Å². The van der Waals surface area contributed by atoms with Gasteiger partial charge in [0.2, 0.25) is 0 Å². The van der Waals surface area contributed by atoms with Gasteiger partial charge in [0.1, 0.15) is 5.82 Å². The van der Waals surface area contributed by atoms with Gasteiger partial charge in [0.15, 0.2) is 0 Å². The zero-order valence-corrected chi connectivity index (χ0v) is 14.0. The Balaban J connectivity index is 1.87. The highest BCUT2D eigenvalue weighted by atomic mass is 16.7. The van der Waals surface area contributed by atoms with Crippen LogP contribution in [0, 0.1) is 0 Å². The number of urea groups is 1. The number of carboxylic acid groups (broad SMARTS) is 1. The molecule has 0 fully saturated rings. The minimum atomic E-state index is -1.42. The number of nitrogens with one attached hydrogen (secondary N) is 2. The van der Waals surface area contributed by atoms with Gasteiger partial charge in [-0.2, -0.15) is 0 Å². The lowest BCUT2D eigenvalue weighted by Gasteiger charge is -2.11. The summed E-state index contributed by atoms with van der Waals surface area (Å²) in [5.74, 6) is 0.443. The molecule has 0 saturated carbocycles. The lowest BCUT2D eigenvalue weighted by Crippen LogP contribution is -2.28. The monoisotopic (exact) mass is 355 g/mol. The molecule has 2 aromatic heterocycles. The summed E-state index contributed by atoms with van der Waals surface area (Å²) in [5.41, 5.74) is 0.910. The Kier molecular flexibility index (Phi) is 4.97. The van der Waals surface area contributed by atoms with E-state index in [1.54, 1.807) is 23.0 Å². The maximum Gasteiger partial charge on any atom is 0.513 e. The maximum atomic E-state index is 11.6. The topological polar surface area (TPSA) is 118 Å². The van der Waals surface area contributed by atoms with Crippen LogP contribution in [0.1, 0.15) is 12.5 Å². The average Bonchev–Trinajstić information content (AvgIpc) is 3.01. The summed E-state index contributed by atoms with van der Waals surface area (Å²) >= 11 is 0. The molecule has 0 bridgehead atoms. The van der Waals surface area contributed by atoms with Gasteiger partial charge in [-0.3, -0.25) is 9.88 Å². The minimum Gasteiger partial charge on any atom is -0.449 e. The van der Waals surface area contributed by atoms with Gasteiger partial charge >= 0.3 is 18.2 Å². The fourth-order valence-electron chi connectivity index (χ4n) is 2.54. The summed E-state index contributed by atoms with van der Waals surface area (Å²) in [4.78, 5) is 30.5. The Hall–Kier alpha value is -3.62. The standard InChI is InChI=1S/C17H17N5O4/c1-2-18-15(23)21-14-8-11-4-3-5-12(13(11)9-20-14)10-22-7-6-19-16(22)26-17(24)25/h3-9H,2,10H2,1H3,(H,24,25)(H2,18,20,21,23).